The molecule has 0 spiro atoms. The summed E-state index contributed by atoms with van der Waals surface area (Å²) in [5.74, 6) is 0.711. The second kappa shape index (κ2) is 8.90. The maximum absolute atomic E-state index is 13.2. The van der Waals surface area contributed by atoms with Gasteiger partial charge in [0.2, 0.25) is 0 Å². The number of aryl methyl sites for hydroxylation is 1. The first-order valence-corrected chi connectivity index (χ1v) is 11.9. The van der Waals surface area contributed by atoms with Gasteiger partial charge in [-0.1, -0.05) is 12.1 Å². The van der Waals surface area contributed by atoms with Crippen LogP contribution in [0, 0.1) is 6.92 Å². The second-order valence-electron chi connectivity index (χ2n) is 9.96. The Hall–Kier alpha value is -3.22. The Morgan fingerprint density at radius 3 is 2.10 bits per heavy atom. The Bertz CT molecular complexity index is 1590. The molecular formula is C24H16B8N6O. The van der Waals surface area contributed by atoms with Gasteiger partial charge in [-0.15, -0.1) is 10.4 Å². The van der Waals surface area contributed by atoms with Crippen molar-refractivity contribution in [2.24, 2.45) is 7.05 Å². The molecule has 1 fully saturated rings. The van der Waals surface area contributed by atoms with E-state index in [0.29, 0.717) is 5.82 Å². The number of hydrogen-bond acceptors (Lipinski definition) is 5. The van der Waals surface area contributed by atoms with Crippen LogP contribution in [0.25, 0.3) is 22.0 Å². The second-order valence-corrected chi connectivity index (χ2v) is 9.96. The van der Waals surface area contributed by atoms with E-state index in [1.807, 2.05) is 42.9 Å². The van der Waals surface area contributed by atoms with Gasteiger partial charge in [-0.25, -0.2) is 15.0 Å². The highest BCUT2D eigenvalue weighted by atomic mass is 16.1. The molecule has 1 aliphatic heterocycles. The lowest BCUT2D eigenvalue weighted by atomic mass is 9.17. The Balaban J connectivity index is 1.45. The van der Waals surface area contributed by atoms with Gasteiger partial charge in [0.05, 0.1) is 74.7 Å². The van der Waals surface area contributed by atoms with Crippen LogP contribution in [0.2, 0.25) is 10.4 Å². The molecule has 1 aromatic carbocycles. The molecule has 16 radical (unpaired) electrons. The van der Waals surface area contributed by atoms with Crippen molar-refractivity contribution in [3.05, 3.63) is 66.4 Å². The molecule has 3 aromatic heterocycles. The van der Waals surface area contributed by atoms with Crippen LogP contribution in [0.5, 0.6) is 0 Å². The van der Waals surface area contributed by atoms with Crippen molar-refractivity contribution in [3.8, 4) is 11.3 Å². The smallest absolute Gasteiger partial charge is 0.257 e. The number of benzene rings is 1. The first-order chi connectivity index (χ1) is 18.1. The Labute approximate surface area is 238 Å². The number of aromatic nitrogens is 4. The zero-order chi connectivity index (χ0) is 28.5. The molecule has 0 unspecified atom stereocenters. The van der Waals surface area contributed by atoms with Crippen LogP contribution in [0.15, 0.2) is 55.0 Å². The van der Waals surface area contributed by atoms with Crippen molar-refractivity contribution >= 4 is 91.1 Å². The van der Waals surface area contributed by atoms with Gasteiger partial charge < -0.3 is 14.8 Å². The summed E-state index contributed by atoms with van der Waals surface area (Å²) < 4.78 is 2.00. The van der Waals surface area contributed by atoms with E-state index in [2.05, 4.69) is 20.3 Å². The molecule has 0 saturated carbocycles. The largest absolute Gasteiger partial charge is 0.382 e. The maximum Gasteiger partial charge on any atom is 0.257 e. The fraction of sp³-hybridized carbons (Fsp3) is 0.250. The number of fused-ring (bicyclic) bond motifs is 1. The van der Waals surface area contributed by atoms with Crippen molar-refractivity contribution in [1.29, 1.82) is 0 Å². The van der Waals surface area contributed by atoms with Crippen LogP contribution >= 0.6 is 0 Å². The molecule has 0 aliphatic carbocycles. The van der Waals surface area contributed by atoms with Gasteiger partial charge in [-0.05, 0) is 47.3 Å². The topological polar surface area (TPSA) is 75.9 Å². The van der Waals surface area contributed by atoms with Gasteiger partial charge in [0.1, 0.15) is 17.5 Å². The third-order valence-electron chi connectivity index (χ3n) is 7.47. The number of rotatable bonds is 4. The molecule has 4 heterocycles. The lowest BCUT2D eigenvalue weighted by molar-refractivity contribution is 0.102. The van der Waals surface area contributed by atoms with E-state index in [0.717, 1.165) is 32.8 Å². The van der Waals surface area contributed by atoms with Crippen molar-refractivity contribution in [1.82, 2.24) is 19.5 Å². The van der Waals surface area contributed by atoms with E-state index in [1.165, 1.54) is 18.3 Å². The summed E-state index contributed by atoms with van der Waals surface area (Å²) in [6.07, 6.45) is 4.83. The van der Waals surface area contributed by atoms with Gasteiger partial charge in [-0.3, -0.25) is 4.79 Å². The summed E-state index contributed by atoms with van der Waals surface area (Å²) in [4.78, 5) is 27.1. The molecule has 39 heavy (non-hydrogen) atoms. The number of nitrogens with one attached hydrogen (secondary N) is 1. The van der Waals surface area contributed by atoms with E-state index >= 15 is 0 Å². The fourth-order valence-corrected chi connectivity index (χ4v) is 4.73. The minimum atomic E-state index is -2.15. The molecule has 1 amide bonds. The van der Waals surface area contributed by atoms with E-state index in [1.54, 1.807) is 12.3 Å². The first kappa shape index (κ1) is 27.4. The molecule has 0 bridgehead atoms. The van der Waals surface area contributed by atoms with E-state index < -0.39 is 27.0 Å². The average molecular weight is 491 g/mol. The number of hydrogen-bond donors (Lipinski definition) is 1. The molecule has 0 atom stereocenters. The summed E-state index contributed by atoms with van der Waals surface area (Å²) in [5, 5.41) is -4.00. The minimum Gasteiger partial charge on any atom is -0.382 e. The van der Waals surface area contributed by atoms with Crippen molar-refractivity contribution in [2.75, 3.05) is 10.2 Å². The fourth-order valence-electron chi connectivity index (χ4n) is 4.73. The predicted molar refractivity (Wildman–Crippen MR) is 160 cm³/mol. The lowest BCUT2D eigenvalue weighted by Crippen LogP contribution is -2.60. The van der Waals surface area contributed by atoms with E-state index in [4.69, 9.17) is 62.8 Å². The SMILES string of the molecule is [B]C1([B])N(c2cc(C(=O)Nc3cc4cc(-c5cnc(C)n5C)ccc4cn3)ccn2)C([B])([B])C([B])([B])C1([B])[B]. The van der Waals surface area contributed by atoms with Gasteiger partial charge in [0, 0.05) is 36.0 Å². The molecule has 1 saturated heterocycles. The zero-order valence-corrected chi connectivity index (χ0v) is 21.5. The summed E-state index contributed by atoms with van der Waals surface area (Å²) >= 11 is 0. The third kappa shape index (κ3) is 3.99. The molecular weight excluding hydrogens is 475 g/mol. The summed E-state index contributed by atoms with van der Waals surface area (Å²) in [6.45, 7) is 1.93. The van der Waals surface area contributed by atoms with Crippen LogP contribution in [-0.2, 0) is 7.05 Å². The van der Waals surface area contributed by atoms with Crippen LogP contribution in [-0.4, -0.2) is 98.9 Å². The van der Waals surface area contributed by atoms with Crippen LogP contribution in [0.4, 0.5) is 11.6 Å². The maximum atomic E-state index is 13.2. The highest BCUT2D eigenvalue weighted by Gasteiger charge is 2.63. The highest BCUT2D eigenvalue weighted by Crippen LogP contribution is 2.63. The predicted octanol–water partition coefficient (Wildman–Crippen LogP) is 0.299. The van der Waals surface area contributed by atoms with Gasteiger partial charge in [0.25, 0.3) is 5.91 Å². The number of pyridine rings is 2. The summed E-state index contributed by atoms with van der Waals surface area (Å²) in [5.41, 5.74) is 2.11. The Kier molecular flexibility index (Phi) is 6.24. The molecule has 5 rings (SSSR count). The number of carbonyl (C=O) groups excluding carboxylic acids is 1. The van der Waals surface area contributed by atoms with Crippen molar-refractivity contribution in [3.63, 3.8) is 0 Å². The number of nitrogens with zero attached hydrogens (tertiary/aromatic N) is 5. The highest BCUT2D eigenvalue weighted by molar-refractivity contribution is 6.69. The average Bonchev–Trinajstić information content (AvgIpc) is 3.23. The quantitative estimate of drug-likeness (QED) is 0.416. The number of carbonyl (C=O) groups is 1. The third-order valence-corrected chi connectivity index (χ3v) is 7.47. The van der Waals surface area contributed by atoms with Crippen LogP contribution in [0.1, 0.15) is 16.2 Å². The molecule has 15 heteroatoms. The molecule has 4 aromatic rings. The normalized spacial score (nSPS) is 18.7. The van der Waals surface area contributed by atoms with Crippen molar-refractivity contribution in [2.45, 2.75) is 28.0 Å². The summed E-state index contributed by atoms with van der Waals surface area (Å²) in [6, 6.07) is 10.6. The van der Waals surface area contributed by atoms with Crippen LogP contribution < -0.4 is 10.2 Å². The first-order valence-electron chi connectivity index (χ1n) is 11.9. The van der Waals surface area contributed by atoms with E-state index in [9.17, 15) is 4.79 Å². The Morgan fingerprint density at radius 1 is 0.821 bits per heavy atom. The summed E-state index contributed by atoms with van der Waals surface area (Å²) in [7, 11) is 51.2. The number of imidazole rings is 1. The zero-order valence-electron chi connectivity index (χ0n) is 21.5. The number of amides is 1. The number of anilines is 2. The monoisotopic (exact) mass is 492 g/mol. The standard InChI is InChI=1S/C24H16B8N6O/c1-12-34-11-17(37(12)2)13-3-4-15-10-35-18(8-16(15)7-13)36-20(39)14-5-6-33-19(9-14)38-23(29,30)21(25,26)22(27,28)24(38,31)32/h3-11H,1-2H3,(H,35,36,39). The minimum absolute atomic E-state index is 0.0155. The van der Waals surface area contributed by atoms with Gasteiger partial charge in [-0.2, -0.15) is 0 Å². The van der Waals surface area contributed by atoms with Gasteiger partial charge >= 0.3 is 0 Å². The molecule has 7 nitrogen and oxygen atoms in total. The van der Waals surface area contributed by atoms with Gasteiger partial charge in [0.15, 0.2) is 0 Å². The van der Waals surface area contributed by atoms with E-state index in [-0.39, 0.29) is 11.4 Å². The van der Waals surface area contributed by atoms with Crippen molar-refractivity contribution < 1.29 is 4.79 Å². The molecule has 1 N–H and O–H groups in total. The molecule has 1 aliphatic rings. The lowest BCUT2D eigenvalue weighted by Gasteiger charge is -2.49. The molecule has 172 valence electrons. The van der Waals surface area contributed by atoms with Crippen LogP contribution in [0.3, 0.4) is 0 Å². The Morgan fingerprint density at radius 2 is 1.49 bits per heavy atom.